The van der Waals surface area contributed by atoms with Crippen molar-refractivity contribution in [3.63, 3.8) is 0 Å². The van der Waals surface area contributed by atoms with Crippen molar-refractivity contribution < 1.29 is 4.92 Å². The maximum atomic E-state index is 10.3. The van der Waals surface area contributed by atoms with Gasteiger partial charge in [0.25, 0.3) is 0 Å². The predicted octanol–water partition coefficient (Wildman–Crippen LogP) is 2.48. The van der Waals surface area contributed by atoms with Gasteiger partial charge < -0.3 is 0 Å². The number of aromatic nitrogens is 1. The molecule has 68 valence electrons. The molecule has 0 spiro atoms. The molecule has 13 heavy (non-hydrogen) atoms. The van der Waals surface area contributed by atoms with Crippen LogP contribution in [0.15, 0.2) is 28.5 Å². The number of nitro groups is 1. The summed E-state index contributed by atoms with van der Waals surface area (Å²) in [6, 6.07) is 3.49. The van der Waals surface area contributed by atoms with Gasteiger partial charge in [-0.05, 0) is 28.1 Å². The maximum absolute atomic E-state index is 10.3. The molecule has 0 bridgehead atoms. The molecule has 0 atom stereocenters. The van der Waals surface area contributed by atoms with Gasteiger partial charge in [0.05, 0.1) is 10.6 Å². The summed E-state index contributed by atoms with van der Waals surface area (Å²) in [5.74, 6) is 0. The first-order valence-corrected chi connectivity index (χ1v) is 4.33. The van der Waals surface area contributed by atoms with Gasteiger partial charge in [-0.3, -0.25) is 15.1 Å². The van der Waals surface area contributed by atoms with Gasteiger partial charge >= 0.3 is 0 Å². The van der Waals surface area contributed by atoms with Gasteiger partial charge in [-0.2, -0.15) is 0 Å². The molecule has 1 aromatic heterocycles. The van der Waals surface area contributed by atoms with Crippen molar-refractivity contribution >= 4 is 22.0 Å². The van der Waals surface area contributed by atoms with E-state index in [4.69, 9.17) is 0 Å². The topological polar surface area (TPSA) is 56.0 Å². The van der Waals surface area contributed by atoms with Crippen molar-refractivity contribution in [2.45, 2.75) is 6.92 Å². The van der Waals surface area contributed by atoms with E-state index in [0.29, 0.717) is 5.69 Å². The average Bonchev–Trinajstić information content (AvgIpc) is 2.08. The molecule has 1 rings (SSSR count). The van der Waals surface area contributed by atoms with Crippen LogP contribution < -0.4 is 0 Å². The summed E-state index contributed by atoms with van der Waals surface area (Å²) in [7, 11) is 0. The summed E-state index contributed by atoms with van der Waals surface area (Å²) in [6.45, 7) is 1.43. The third-order valence-electron chi connectivity index (χ3n) is 1.40. The van der Waals surface area contributed by atoms with Crippen LogP contribution in [0.25, 0.3) is 6.08 Å². The van der Waals surface area contributed by atoms with E-state index in [1.165, 1.54) is 13.0 Å². The monoisotopic (exact) mass is 242 g/mol. The highest BCUT2D eigenvalue weighted by Gasteiger charge is 2.01. The largest absolute Gasteiger partial charge is 0.259 e. The molecule has 0 aliphatic carbocycles. The van der Waals surface area contributed by atoms with Crippen LogP contribution in [0.4, 0.5) is 0 Å². The number of hydrogen-bond donors (Lipinski definition) is 0. The molecular weight excluding hydrogens is 236 g/mol. The lowest BCUT2D eigenvalue weighted by atomic mass is 10.3. The molecule has 0 saturated heterocycles. The molecule has 0 saturated carbocycles. The predicted molar refractivity (Wildman–Crippen MR) is 52.6 cm³/mol. The number of halogens is 1. The van der Waals surface area contributed by atoms with E-state index in [-0.39, 0.29) is 5.70 Å². The van der Waals surface area contributed by atoms with Gasteiger partial charge in [-0.1, -0.05) is 0 Å². The van der Waals surface area contributed by atoms with Crippen molar-refractivity contribution in [1.82, 2.24) is 4.98 Å². The van der Waals surface area contributed by atoms with Gasteiger partial charge in [-0.25, -0.2) is 0 Å². The number of nitrogens with zero attached hydrogens (tertiary/aromatic N) is 2. The fraction of sp³-hybridized carbons (Fsp3) is 0.125. The minimum absolute atomic E-state index is 0.0785. The molecule has 0 aromatic carbocycles. The summed E-state index contributed by atoms with van der Waals surface area (Å²) in [6.07, 6.45) is 3.02. The van der Waals surface area contributed by atoms with Crippen molar-refractivity contribution in [3.05, 3.63) is 44.3 Å². The number of pyridine rings is 1. The molecule has 0 fully saturated rings. The first kappa shape index (κ1) is 9.85. The fourth-order valence-corrected chi connectivity index (χ4v) is 0.974. The second-order valence-corrected chi connectivity index (χ2v) is 3.36. The van der Waals surface area contributed by atoms with Crippen molar-refractivity contribution in [3.8, 4) is 0 Å². The second kappa shape index (κ2) is 4.13. The molecule has 1 heterocycles. The Morgan fingerprint density at radius 2 is 2.38 bits per heavy atom. The molecule has 0 aliphatic heterocycles. The van der Waals surface area contributed by atoms with E-state index < -0.39 is 4.92 Å². The molecule has 1 aromatic rings. The Hall–Kier alpha value is -1.23. The number of hydrogen-bond acceptors (Lipinski definition) is 3. The summed E-state index contributed by atoms with van der Waals surface area (Å²) in [5.41, 5.74) is 0.659. The van der Waals surface area contributed by atoms with E-state index in [1.807, 2.05) is 0 Å². The summed E-state index contributed by atoms with van der Waals surface area (Å²) in [4.78, 5) is 13.8. The van der Waals surface area contributed by atoms with Crippen LogP contribution in [0.3, 0.4) is 0 Å². The highest BCUT2D eigenvalue weighted by Crippen LogP contribution is 2.09. The molecule has 4 nitrogen and oxygen atoms in total. The quantitative estimate of drug-likeness (QED) is 0.592. The van der Waals surface area contributed by atoms with E-state index in [9.17, 15) is 10.1 Å². The highest BCUT2D eigenvalue weighted by atomic mass is 79.9. The minimum Gasteiger partial charge on any atom is -0.259 e. The zero-order valence-electron chi connectivity index (χ0n) is 6.90. The lowest BCUT2D eigenvalue weighted by Crippen LogP contribution is -1.93. The molecule has 0 amide bonds. The Labute approximate surface area is 83.6 Å². The standard InChI is InChI=1S/C8H7BrN2O2/c1-6(11(12)13)4-8-3-2-7(9)5-10-8/h2-5H,1H3/b6-4+. The Morgan fingerprint density at radius 1 is 1.69 bits per heavy atom. The van der Waals surface area contributed by atoms with E-state index in [1.54, 1.807) is 18.3 Å². The minimum atomic E-state index is -0.441. The van der Waals surface area contributed by atoms with Crippen LogP contribution in [0, 0.1) is 10.1 Å². The van der Waals surface area contributed by atoms with E-state index in [0.717, 1.165) is 4.47 Å². The first-order valence-electron chi connectivity index (χ1n) is 3.54. The normalized spacial score (nSPS) is 11.4. The first-order chi connectivity index (χ1) is 6.09. The molecular formula is C8H7BrN2O2. The molecule has 0 unspecified atom stereocenters. The molecule has 0 aliphatic rings. The van der Waals surface area contributed by atoms with E-state index >= 15 is 0 Å². The van der Waals surface area contributed by atoms with Gasteiger partial charge in [0.15, 0.2) is 0 Å². The number of rotatable bonds is 2. The zero-order valence-corrected chi connectivity index (χ0v) is 8.48. The van der Waals surface area contributed by atoms with Crippen LogP contribution in [0.2, 0.25) is 0 Å². The van der Waals surface area contributed by atoms with Crippen LogP contribution in [-0.4, -0.2) is 9.91 Å². The van der Waals surface area contributed by atoms with Gasteiger partial charge in [0, 0.05) is 23.7 Å². The van der Waals surface area contributed by atoms with Gasteiger partial charge in [0.1, 0.15) is 0 Å². The van der Waals surface area contributed by atoms with Crippen molar-refractivity contribution in [2.75, 3.05) is 0 Å². The van der Waals surface area contributed by atoms with Gasteiger partial charge in [-0.15, -0.1) is 0 Å². The van der Waals surface area contributed by atoms with Crippen LogP contribution in [-0.2, 0) is 0 Å². The number of allylic oxidation sites excluding steroid dienone is 1. The van der Waals surface area contributed by atoms with Crippen molar-refractivity contribution in [2.24, 2.45) is 0 Å². The van der Waals surface area contributed by atoms with Crippen LogP contribution in [0.1, 0.15) is 12.6 Å². The molecule has 0 radical (unpaired) electrons. The van der Waals surface area contributed by atoms with Crippen LogP contribution >= 0.6 is 15.9 Å². The fourth-order valence-electron chi connectivity index (χ4n) is 0.739. The lowest BCUT2D eigenvalue weighted by molar-refractivity contribution is -0.422. The summed E-state index contributed by atoms with van der Waals surface area (Å²) >= 11 is 3.22. The summed E-state index contributed by atoms with van der Waals surface area (Å²) < 4.78 is 0.850. The van der Waals surface area contributed by atoms with E-state index in [2.05, 4.69) is 20.9 Å². The molecule has 5 heteroatoms. The van der Waals surface area contributed by atoms with Crippen molar-refractivity contribution in [1.29, 1.82) is 0 Å². The lowest BCUT2D eigenvalue weighted by Gasteiger charge is -1.92. The Kier molecular flexibility index (Phi) is 3.13. The van der Waals surface area contributed by atoms with Crippen LogP contribution in [0.5, 0.6) is 0 Å². The SMILES string of the molecule is C/C(=C\c1ccc(Br)cn1)[N+](=O)[O-]. The zero-order chi connectivity index (χ0) is 9.84. The Balaban J connectivity index is 2.92. The summed E-state index contributed by atoms with van der Waals surface area (Å²) in [5, 5.41) is 10.3. The smallest absolute Gasteiger partial charge is 0.245 e. The van der Waals surface area contributed by atoms with Gasteiger partial charge in [0.2, 0.25) is 5.70 Å². The molecule has 0 N–H and O–H groups in total. The average molecular weight is 243 g/mol. The third kappa shape index (κ3) is 2.95. The third-order valence-corrected chi connectivity index (χ3v) is 1.86. The highest BCUT2D eigenvalue weighted by molar-refractivity contribution is 9.10. The Bertz CT molecular complexity index is 346. The second-order valence-electron chi connectivity index (χ2n) is 2.44. The Morgan fingerprint density at radius 3 is 2.85 bits per heavy atom. The maximum Gasteiger partial charge on any atom is 0.245 e.